The number of aliphatic hydroxyl groups is 1. The van der Waals surface area contributed by atoms with Gasteiger partial charge in [0.25, 0.3) is 0 Å². The number of aliphatic hydroxyl groups excluding tert-OH is 1. The fourth-order valence-electron chi connectivity index (χ4n) is 1.45. The van der Waals surface area contributed by atoms with Crippen molar-refractivity contribution in [2.75, 3.05) is 0 Å². The molecule has 1 N–H and O–H groups in total. The Kier molecular flexibility index (Phi) is 3.40. The van der Waals surface area contributed by atoms with Crippen LogP contribution in [0.15, 0.2) is 48.5 Å². The summed E-state index contributed by atoms with van der Waals surface area (Å²) in [5.74, 6) is 0.944. The van der Waals surface area contributed by atoms with Crippen LogP contribution in [-0.2, 0) is 0 Å². The summed E-state index contributed by atoms with van der Waals surface area (Å²) in [7, 11) is 0. The van der Waals surface area contributed by atoms with Crippen LogP contribution in [-0.4, -0.2) is 5.11 Å². The van der Waals surface area contributed by atoms with Crippen molar-refractivity contribution in [2.24, 2.45) is 0 Å². The van der Waals surface area contributed by atoms with E-state index in [0.717, 1.165) is 5.56 Å². The van der Waals surface area contributed by atoms with Gasteiger partial charge in [-0.25, -0.2) is 4.39 Å². The smallest absolute Gasteiger partial charge is 0.127 e. The van der Waals surface area contributed by atoms with E-state index in [9.17, 15) is 9.50 Å². The summed E-state index contributed by atoms with van der Waals surface area (Å²) in [6.07, 6.45) is -0.491. The number of benzene rings is 2. The maximum atomic E-state index is 12.7. The molecular formula is C14H13FO2. The fourth-order valence-corrected chi connectivity index (χ4v) is 1.45. The molecule has 2 aromatic carbocycles. The van der Waals surface area contributed by atoms with Crippen LogP contribution < -0.4 is 4.74 Å². The Morgan fingerprint density at radius 2 is 1.41 bits per heavy atom. The van der Waals surface area contributed by atoms with Crippen molar-refractivity contribution < 1.29 is 14.2 Å². The van der Waals surface area contributed by atoms with Gasteiger partial charge in [0, 0.05) is 0 Å². The standard InChI is InChI=1S/C14H13FO2/c1-10(16)11-2-6-13(7-3-11)17-14-8-4-12(15)5-9-14/h2-10,16H,1H3/t10-/m0/s1. The highest BCUT2D eigenvalue weighted by molar-refractivity contribution is 5.33. The molecule has 0 unspecified atom stereocenters. The normalized spacial score (nSPS) is 12.2. The average Bonchev–Trinajstić information content (AvgIpc) is 2.33. The first-order valence-corrected chi connectivity index (χ1v) is 5.36. The summed E-state index contributed by atoms with van der Waals surface area (Å²) >= 11 is 0. The minimum atomic E-state index is -0.491. The highest BCUT2D eigenvalue weighted by Gasteiger charge is 2.01. The van der Waals surface area contributed by atoms with Gasteiger partial charge in [0.1, 0.15) is 17.3 Å². The summed E-state index contributed by atoms with van der Waals surface area (Å²) in [4.78, 5) is 0. The van der Waals surface area contributed by atoms with Gasteiger partial charge >= 0.3 is 0 Å². The quantitative estimate of drug-likeness (QED) is 0.874. The van der Waals surface area contributed by atoms with Crippen LogP contribution in [0.2, 0.25) is 0 Å². The minimum Gasteiger partial charge on any atom is -0.457 e. The van der Waals surface area contributed by atoms with Crippen LogP contribution in [0.5, 0.6) is 11.5 Å². The number of hydrogen-bond acceptors (Lipinski definition) is 2. The summed E-state index contributed by atoms with van der Waals surface area (Å²) in [5, 5.41) is 9.35. The van der Waals surface area contributed by atoms with E-state index in [1.54, 1.807) is 43.3 Å². The SMILES string of the molecule is C[C@H](O)c1ccc(Oc2ccc(F)cc2)cc1. The van der Waals surface area contributed by atoms with Crippen molar-refractivity contribution in [3.63, 3.8) is 0 Å². The van der Waals surface area contributed by atoms with Crippen molar-refractivity contribution in [3.8, 4) is 11.5 Å². The van der Waals surface area contributed by atoms with E-state index in [1.807, 2.05) is 0 Å². The fraction of sp³-hybridized carbons (Fsp3) is 0.143. The summed E-state index contributed by atoms with van der Waals surface area (Å²) < 4.78 is 18.2. The topological polar surface area (TPSA) is 29.5 Å². The second-order valence-corrected chi connectivity index (χ2v) is 3.80. The minimum absolute atomic E-state index is 0.290. The Hall–Kier alpha value is -1.87. The lowest BCUT2D eigenvalue weighted by Crippen LogP contribution is -1.90. The zero-order valence-corrected chi connectivity index (χ0v) is 9.43. The van der Waals surface area contributed by atoms with E-state index in [-0.39, 0.29) is 5.82 Å². The Morgan fingerprint density at radius 3 is 1.88 bits per heavy atom. The van der Waals surface area contributed by atoms with E-state index >= 15 is 0 Å². The molecule has 0 bridgehead atoms. The number of ether oxygens (including phenoxy) is 1. The lowest BCUT2D eigenvalue weighted by molar-refractivity contribution is 0.199. The highest BCUT2D eigenvalue weighted by atomic mass is 19.1. The Bertz CT molecular complexity index is 475. The first-order valence-electron chi connectivity index (χ1n) is 5.36. The van der Waals surface area contributed by atoms with Gasteiger partial charge in [0.05, 0.1) is 6.10 Å². The second kappa shape index (κ2) is 4.97. The molecule has 0 spiro atoms. The first kappa shape index (κ1) is 11.6. The van der Waals surface area contributed by atoms with Gasteiger partial charge in [-0.3, -0.25) is 0 Å². The second-order valence-electron chi connectivity index (χ2n) is 3.80. The van der Waals surface area contributed by atoms with Gasteiger partial charge in [-0.15, -0.1) is 0 Å². The third-order valence-electron chi connectivity index (χ3n) is 2.41. The molecular weight excluding hydrogens is 219 g/mol. The predicted octanol–water partition coefficient (Wildman–Crippen LogP) is 3.67. The summed E-state index contributed by atoms with van der Waals surface area (Å²) in [6.45, 7) is 1.70. The molecule has 0 fully saturated rings. The van der Waals surface area contributed by atoms with Gasteiger partial charge in [0.15, 0.2) is 0 Å². The molecule has 0 saturated carbocycles. The molecule has 0 saturated heterocycles. The zero-order valence-electron chi connectivity index (χ0n) is 9.43. The molecule has 0 aliphatic rings. The molecule has 2 nitrogen and oxygen atoms in total. The molecule has 2 aromatic rings. The predicted molar refractivity (Wildman–Crippen MR) is 63.5 cm³/mol. The molecule has 0 aliphatic heterocycles. The molecule has 0 aliphatic carbocycles. The maximum absolute atomic E-state index is 12.7. The monoisotopic (exact) mass is 232 g/mol. The largest absolute Gasteiger partial charge is 0.457 e. The Labute approximate surface area is 99.3 Å². The first-order chi connectivity index (χ1) is 8.15. The number of halogens is 1. The third kappa shape index (κ3) is 3.04. The number of rotatable bonds is 3. The van der Waals surface area contributed by atoms with E-state index in [2.05, 4.69) is 0 Å². The van der Waals surface area contributed by atoms with Gasteiger partial charge < -0.3 is 9.84 Å². The van der Waals surface area contributed by atoms with Crippen molar-refractivity contribution in [3.05, 3.63) is 59.9 Å². The number of hydrogen-bond donors (Lipinski definition) is 1. The molecule has 0 amide bonds. The highest BCUT2D eigenvalue weighted by Crippen LogP contribution is 2.23. The van der Waals surface area contributed by atoms with Crippen LogP contribution in [0.4, 0.5) is 4.39 Å². The lowest BCUT2D eigenvalue weighted by Gasteiger charge is -2.08. The summed E-state index contributed by atoms with van der Waals surface area (Å²) in [6, 6.07) is 13.0. The molecule has 17 heavy (non-hydrogen) atoms. The van der Waals surface area contributed by atoms with Gasteiger partial charge in [-0.05, 0) is 48.9 Å². The van der Waals surface area contributed by atoms with E-state index in [0.29, 0.717) is 11.5 Å². The molecule has 2 rings (SSSR count). The lowest BCUT2D eigenvalue weighted by atomic mass is 10.1. The Balaban J connectivity index is 2.11. The van der Waals surface area contributed by atoms with Crippen molar-refractivity contribution >= 4 is 0 Å². The summed E-state index contributed by atoms with van der Waals surface area (Å²) in [5.41, 5.74) is 0.830. The van der Waals surface area contributed by atoms with Crippen LogP contribution in [0, 0.1) is 5.82 Å². The average molecular weight is 232 g/mol. The third-order valence-corrected chi connectivity index (χ3v) is 2.41. The van der Waals surface area contributed by atoms with Gasteiger partial charge in [-0.1, -0.05) is 12.1 Å². The van der Waals surface area contributed by atoms with Gasteiger partial charge in [-0.2, -0.15) is 0 Å². The molecule has 3 heteroatoms. The van der Waals surface area contributed by atoms with E-state index in [4.69, 9.17) is 4.74 Å². The molecule has 0 heterocycles. The van der Waals surface area contributed by atoms with Crippen molar-refractivity contribution in [1.82, 2.24) is 0 Å². The van der Waals surface area contributed by atoms with Gasteiger partial charge in [0.2, 0.25) is 0 Å². The molecule has 0 aromatic heterocycles. The van der Waals surface area contributed by atoms with E-state index < -0.39 is 6.10 Å². The molecule has 1 atom stereocenters. The Morgan fingerprint density at radius 1 is 0.941 bits per heavy atom. The van der Waals surface area contributed by atoms with E-state index in [1.165, 1.54) is 12.1 Å². The zero-order chi connectivity index (χ0) is 12.3. The van der Waals surface area contributed by atoms with Crippen LogP contribution in [0.3, 0.4) is 0 Å². The van der Waals surface area contributed by atoms with Crippen LogP contribution >= 0.6 is 0 Å². The van der Waals surface area contributed by atoms with Crippen molar-refractivity contribution in [1.29, 1.82) is 0 Å². The van der Waals surface area contributed by atoms with Crippen LogP contribution in [0.1, 0.15) is 18.6 Å². The van der Waals surface area contributed by atoms with Crippen molar-refractivity contribution in [2.45, 2.75) is 13.0 Å². The maximum Gasteiger partial charge on any atom is 0.127 e. The molecule has 88 valence electrons. The molecule has 0 radical (unpaired) electrons. The van der Waals surface area contributed by atoms with Crippen LogP contribution in [0.25, 0.3) is 0 Å².